The maximum Gasteiger partial charge on any atom is 0.257 e. The SMILES string of the molecule is Cc1ccc([C@H](Nc2nsnc2Nc2cccc(C(=O)N(C)C)c2O)C(C)(C)C)s1. The van der Waals surface area contributed by atoms with Crippen LogP contribution in [-0.2, 0) is 0 Å². The van der Waals surface area contributed by atoms with E-state index in [1.807, 2.05) is 0 Å². The molecule has 0 aliphatic heterocycles. The van der Waals surface area contributed by atoms with E-state index in [9.17, 15) is 9.90 Å². The van der Waals surface area contributed by atoms with Crippen LogP contribution in [0.1, 0.15) is 46.9 Å². The molecule has 0 spiro atoms. The number of hydrogen-bond donors (Lipinski definition) is 3. The summed E-state index contributed by atoms with van der Waals surface area (Å²) in [7, 11) is 3.29. The van der Waals surface area contributed by atoms with Crippen molar-refractivity contribution in [2.45, 2.75) is 33.7 Å². The predicted octanol–water partition coefficient (Wildman–Crippen LogP) is 5.26. The van der Waals surface area contributed by atoms with Gasteiger partial charge in [-0.25, -0.2) is 0 Å². The van der Waals surface area contributed by atoms with Gasteiger partial charge in [0.05, 0.1) is 29.0 Å². The molecule has 0 saturated heterocycles. The molecule has 3 rings (SSSR count). The fourth-order valence-corrected chi connectivity index (χ4v) is 4.66. The molecular weight excluding hydrogens is 418 g/mol. The van der Waals surface area contributed by atoms with Gasteiger partial charge in [-0.05, 0) is 36.6 Å². The Morgan fingerprint density at radius 2 is 1.83 bits per heavy atom. The molecule has 2 heterocycles. The van der Waals surface area contributed by atoms with E-state index in [0.29, 0.717) is 17.3 Å². The molecule has 1 aromatic carbocycles. The van der Waals surface area contributed by atoms with Gasteiger partial charge in [-0.1, -0.05) is 26.8 Å². The van der Waals surface area contributed by atoms with Gasteiger partial charge in [-0.15, -0.1) is 11.3 Å². The summed E-state index contributed by atoms with van der Waals surface area (Å²) in [4.78, 5) is 16.2. The Bertz CT molecular complexity index is 1040. The van der Waals surface area contributed by atoms with E-state index in [4.69, 9.17) is 0 Å². The molecule has 9 heteroatoms. The van der Waals surface area contributed by atoms with E-state index in [-0.39, 0.29) is 28.7 Å². The molecule has 3 aromatic rings. The molecule has 30 heavy (non-hydrogen) atoms. The first-order chi connectivity index (χ1) is 14.1. The number of anilines is 3. The highest BCUT2D eigenvalue weighted by atomic mass is 32.1. The van der Waals surface area contributed by atoms with E-state index >= 15 is 0 Å². The third-order valence-corrected chi connectivity index (χ3v) is 6.20. The van der Waals surface area contributed by atoms with Gasteiger partial charge in [-0.2, -0.15) is 8.75 Å². The van der Waals surface area contributed by atoms with E-state index in [0.717, 1.165) is 11.7 Å². The minimum Gasteiger partial charge on any atom is -0.505 e. The topological polar surface area (TPSA) is 90.4 Å². The fourth-order valence-electron chi connectivity index (χ4n) is 3.01. The van der Waals surface area contributed by atoms with Gasteiger partial charge < -0.3 is 20.6 Å². The zero-order valence-corrected chi connectivity index (χ0v) is 19.6. The lowest BCUT2D eigenvalue weighted by atomic mass is 9.86. The van der Waals surface area contributed by atoms with E-state index < -0.39 is 0 Å². The Balaban J connectivity index is 1.89. The molecule has 0 radical (unpaired) electrons. The van der Waals surface area contributed by atoms with Crippen LogP contribution in [0.25, 0.3) is 0 Å². The normalized spacial score (nSPS) is 12.5. The van der Waals surface area contributed by atoms with Crippen molar-refractivity contribution in [1.82, 2.24) is 13.6 Å². The zero-order valence-electron chi connectivity index (χ0n) is 18.0. The van der Waals surface area contributed by atoms with Crippen LogP contribution < -0.4 is 10.6 Å². The number of nitrogens with zero attached hydrogens (tertiary/aromatic N) is 3. The van der Waals surface area contributed by atoms with Gasteiger partial charge in [0, 0.05) is 23.8 Å². The Morgan fingerprint density at radius 1 is 1.13 bits per heavy atom. The lowest BCUT2D eigenvalue weighted by Crippen LogP contribution is -2.25. The highest BCUT2D eigenvalue weighted by Crippen LogP contribution is 2.40. The minimum atomic E-state index is -0.272. The standard InChI is InChI=1S/C21H27N5O2S2/c1-12-10-11-15(29-12)17(21(2,3)4)23-19-18(24-30-25-19)22-14-9-7-8-13(16(14)27)20(28)26(5)6/h7-11,17,27H,1-6H3,(H,22,24)(H,23,25)/t17-/m0/s1. The molecule has 0 bridgehead atoms. The van der Waals surface area contributed by atoms with Crippen molar-refractivity contribution >= 4 is 46.3 Å². The number of aryl methyl sites for hydroxylation is 1. The molecule has 7 nitrogen and oxygen atoms in total. The van der Waals surface area contributed by atoms with Crippen molar-refractivity contribution in [3.63, 3.8) is 0 Å². The van der Waals surface area contributed by atoms with Crippen LogP contribution >= 0.6 is 23.1 Å². The van der Waals surface area contributed by atoms with Crippen molar-refractivity contribution < 1.29 is 9.90 Å². The summed E-state index contributed by atoms with van der Waals surface area (Å²) in [5.74, 6) is 0.727. The fraction of sp³-hybridized carbons (Fsp3) is 0.381. The summed E-state index contributed by atoms with van der Waals surface area (Å²) in [5, 5.41) is 17.3. The quantitative estimate of drug-likeness (QED) is 0.449. The first-order valence-corrected chi connectivity index (χ1v) is 11.1. The number of hydrogen-bond acceptors (Lipinski definition) is 8. The van der Waals surface area contributed by atoms with Gasteiger partial charge in [0.25, 0.3) is 5.91 Å². The number of aromatic hydroxyl groups is 1. The Labute approximate surface area is 185 Å². The minimum absolute atomic E-state index is 0.0379. The van der Waals surface area contributed by atoms with Crippen LogP contribution in [0.2, 0.25) is 0 Å². The van der Waals surface area contributed by atoms with Crippen molar-refractivity contribution in [3.05, 3.63) is 45.6 Å². The third-order valence-electron chi connectivity index (χ3n) is 4.61. The highest BCUT2D eigenvalue weighted by molar-refractivity contribution is 7.12. The molecular formula is C21H27N5O2S2. The smallest absolute Gasteiger partial charge is 0.257 e. The van der Waals surface area contributed by atoms with E-state index in [1.165, 1.54) is 14.7 Å². The summed E-state index contributed by atoms with van der Waals surface area (Å²) in [6, 6.07) is 9.31. The number of carbonyl (C=O) groups excluding carboxylic acids is 1. The van der Waals surface area contributed by atoms with Crippen LogP contribution in [-0.4, -0.2) is 38.8 Å². The summed E-state index contributed by atoms with van der Waals surface area (Å²) >= 11 is 2.84. The van der Waals surface area contributed by atoms with Crippen molar-refractivity contribution in [2.24, 2.45) is 5.41 Å². The van der Waals surface area contributed by atoms with Crippen LogP contribution in [0.15, 0.2) is 30.3 Å². The number of benzene rings is 1. The van der Waals surface area contributed by atoms with Crippen LogP contribution in [0, 0.1) is 12.3 Å². The molecule has 0 aliphatic carbocycles. The van der Waals surface area contributed by atoms with Crippen LogP contribution in [0.4, 0.5) is 17.3 Å². The average molecular weight is 446 g/mol. The summed E-state index contributed by atoms with van der Waals surface area (Å²) < 4.78 is 8.77. The van der Waals surface area contributed by atoms with Crippen molar-refractivity contribution in [2.75, 3.05) is 24.7 Å². The summed E-state index contributed by atoms with van der Waals surface area (Å²) in [5.41, 5.74) is 0.570. The van der Waals surface area contributed by atoms with E-state index in [1.54, 1.807) is 43.6 Å². The van der Waals surface area contributed by atoms with Crippen molar-refractivity contribution in [3.8, 4) is 5.75 Å². The molecule has 160 valence electrons. The van der Waals surface area contributed by atoms with Gasteiger partial charge in [0.1, 0.15) is 0 Å². The predicted molar refractivity (Wildman–Crippen MR) is 124 cm³/mol. The number of thiophene rings is 1. The number of phenols is 1. The number of phenolic OH excluding ortho intramolecular Hbond substituents is 1. The number of amides is 1. The lowest BCUT2D eigenvalue weighted by molar-refractivity contribution is 0.0824. The maximum absolute atomic E-state index is 12.3. The molecule has 0 fully saturated rings. The highest BCUT2D eigenvalue weighted by Gasteiger charge is 2.29. The lowest BCUT2D eigenvalue weighted by Gasteiger charge is -2.31. The third kappa shape index (κ3) is 4.73. The van der Waals surface area contributed by atoms with Gasteiger partial charge in [0.15, 0.2) is 17.4 Å². The molecule has 0 aliphatic rings. The molecule has 3 N–H and O–H groups in total. The number of para-hydroxylation sites is 1. The first-order valence-electron chi connectivity index (χ1n) is 9.54. The molecule has 1 atom stereocenters. The number of rotatable bonds is 6. The summed E-state index contributed by atoms with van der Waals surface area (Å²) in [6.07, 6.45) is 0. The van der Waals surface area contributed by atoms with Crippen LogP contribution in [0.5, 0.6) is 5.75 Å². The number of aromatic nitrogens is 2. The number of carbonyl (C=O) groups is 1. The molecule has 0 unspecified atom stereocenters. The van der Waals surface area contributed by atoms with Crippen LogP contribution in [0.3, 0.4) is 0 Å². The van der Waals surface area contributed by atoms with Crippen molar-refractivity contribution in [1.29, 1.82) is 0 Å². The average Bonchev–Trinajstić information content (AvgIpc) is 3.28. The monoisotopic (exact) mass is 445 g/mol. The second kappa shape index (κ2) is 8.61. The largest absolute Gasteiger partial charge is 0.505 e. The van der Waals surface area contributed by atoms with Gasteiger partial charge in [-0.3, -0.25) is 4.79 Å². The Hall–Kier alpha value is -2.65. The van der Waals surface area contributed by atoms with Gasteiger partial charge >= 0.3 is 0 Å². The molecule has 1 amide bonds. The second-order valence-corrected chi connectivity index (χ2v) is 10.2. The summed E-state index contributed by atoms with van der Waals surface area (Å²) in [6.45, 7) is 8.62. The Kier molecular flexibility index (Phi) is 6.33. The second-order valence-electron chi connectivity index (χ2n) is 8.38. The van der Waals surface area contributed by atoms with Gasteiger partial charge in [0.2, 0.25) is 0 Å². The van der Waals surface area contributed by atoms with E-state index in [2.05, 4.69) is 59.2 Å². The number of nitrogens with one attached hydrogen (secondary N) is 2. The Morgan fingerprint density at radius 3 is 2.43 bits per heavy atom. The molecule has 0 saturated carbocycles. The first kappa shape index (κ1) is 22.0. The maximum atomic E-state index is 12.3. The molecule has 2 aromatic heterocycles. The zero-order chi connectivity index (χ0) is 22.1.